The van der Waals surface area contributed by atoms with Gasteiger partial charge in [-0.25, -0.2) is 19.3 Å². The van der Waals surface area contributed by atoms with Gasteiger partial charge in [-0.05, 0) is 19.1 Å². The summed E-state index contributed by atoms with van der Waals surface area (Å²) >= 11 is 0. The van der Waals surface area contributed by atoms with Gasteiger partial charge in [-0.1, -0.05) is 0 Å². The second-order valence-corrected chi connectivity index (χ2v) is 2.68. The molecule has 1 amide bonds. The molecule has 0 saturated carbocycles. The Morgan fingerprint density at radius 1 is 1.62 bits per heavy atom. The molecule has 2 heterocycles. The average Bonchev–Trinajstić information content (AvgIpc) is 2.39. The third-order valence-corrected chi connectivity index (χ3v) is 1.80. The van der Waals surface area contributed by atoms with Crippen molar-refractivity contribution in [3.8, 4) is 0 Å². The number of aromatic nitrogens is 3. The van der Waals surface area contributed by atoms with E-state index in [9.17, 15) is 4.79 Å². The number of amides is 1. The highest BCUT2D eigenvalue weighted by molar-refractivity contribution is 5.86. The summed E-state index contributed by atoms with van der Waals surface area (Å²) in [6.45, 7) is 1.71. The predicted molar refractivity (Wildman–Crippen MR) is 47.2 cm³/mol. The van der Waals surface area contributed by atoms with Crippen molar-refractivity contribution < 1.29 is 4.79 Å². The van der Waals surface area contributed by atoms with Gasteiger partial charge in [0.2, 0.25) is 0 Å². The largest absolute Gasteiger partial charge is 0.351 e. The van der Waals surface area contributed by atoms with E-state index in [1.54, 1.807) is 25.3 Å². The van der Waals surface area contributed by atoms with Crippen LogP contribution in [0.5, 0.6) is 0 Å². The number of hydrogen-bond donors (Lipinski definition) is 1. The van der Waals surface area contributed by atoms with Gasteiger partial charge in [0.05, 0.1) is 0 Å². The van der Waals surface area contributed by atoms with Crippen molar-refractivity contribution in [3.05, 3.63) is 24.2 Å². The van der Waals surface area contributed by atoms with Crippen molar-refractivity contribution >= 4 is 17.2 Å². The van der Waals surface area contributed by atoms with E-state index in [-0.39, 0.29) is 0 Å². The van der Waals surface area contributed by atoms with Gasteiger partial charge in [0.15, 0.2) is 5.65 Å². The maximum Gasteiger partial charge on any atom is 0.326 e. The molecule has 0 radical (unpaired) electrons. The molecular weight excluding hydrogens is 168 g/mol. The molecule has 0 aromatic carbocycles. The fourth-order valence-corrected chi connectivity index (χ4v) is 1.29. The minimum atomic E-state index is -0.557. The number of nitrogens with zero attached hydrogens (tertiary/aromatic N) is 3. The van der Waals surface area contributed by atoms with Gasteiger partial charge in [0.25, 0.3) is 0 Å². The summed E-state index contributed by atoms with van der Waals surface area (Å²) in [6, 6.07) is 2.99. The highest BCUT2D eigenvalue weighted by Crippen LogP contribution is 2.11. The maximum absolute atomic E-state index is 11.0. The van der Waals surface area contributed by atoms with Crippen molar-refractivity contribution in [1.82, 2.24) is 14.5 Å². The lowest BCUT2D eigenvalue weighted by atomic mass is 10.4. The van der Waals surface area contributed by atoms with Crippen LogP contribution in [0.2, 0.25) is 0 Å². The molecule has 0 atom stereocenters. The first-order valence-electron chi connectivity index (χ1n) is 3.80. The highest BCUT2D eigenvalue weighted by Gasteiger charge is 2.10. The number of carbonyl (C=O) groups excluding carboxylic acids is 1. The lowest BCUT2D eigenvalue weighted by Gasteiger charge is -1.97. The second-order valence-electron chi connectivity index (χ2n) is 2.68. The monoisotopic (exact) mass is 176 g/mol. The second kappa shape index (κ2) is 2.55. The first-order valence-corrected chi connectivity index (χ1v) is 3.80. The van der Waals surface area contributed by atoms with Gasteiger partial charge in [0, 0.05) is 6.20 Å². The Kier molecular flexibility index (Phi) is 1.51. The molecule has 5 nitrogen and oxygen atoms in total. The van der Waals surface area contributed by atoms with Gasteiger partial charge in [-0.3, -0.25) is 0 Å². The smallest absolute Gasteiger partial charge is 0.326 e. The van der Waals surface area contributed by atoms with Crippen LogP contribution in [0.3, 0.4) is 0 Å². The molecular formula is C8H8N4O. The van der Waals surface area contributed by atoms with Crippen LogP contribution in [0.1, 0.15) is 5.82 Å². The van der Waals surface area contributed by atoms with Crippen LogP contribution in [0, 0.1) is 6.92 Å². The van der Waals surface area contributed by atoms with E-state index >= 15 is 0 Å². The summed E-state index contributed by atoms with van der Waals surface area (Å²) in [4.78, 5) is 19.2. The van der Waals surface area contributed by atoms with Crippen LogP contribution in [0.25, 0.3) is 11.2 Å². The fourth-order valence-electron chi connectivity index (χ4n) is 1.29. The van der Waals surface area contributed by atoms with E-state index < -0.39 is 6.03 Å². The third-order valence-electron chi connectivity index (χ3n) is 1.80. The third kappa shape index (κ3) is 1.05. The number of hydrogen-bond acceptors (Lipinski definition) is 3. The molecule has 0 aliphatic heterocycles. The Morgan fingerprint density at radius 3 is 3.08 bits per heavy atom. The van der Waals surface area contributed by atoms with Crippen molar-refractivity contribution in [2.24, 2.45) is 5.73 Å². The molecule has 13 heavy (non-hydrogen) atoms. The lowest BCUT2D eigenvalue weighted by Crippen LogP contribution is -2.20. The predicted octanol–water partition coefficient (Wildman–Crippen LogP) is 0.667. The van der Waals surface area contributed by atoms with Crippen LogP contribution in [-0.2, 0) is 0 Å². The number of rotatable bonds is 0. The molecule has 2 N–H and O–H groups in total. The standard InChI is InChI=1S/C8H8N4O/c1-5-11-6-3-2-4-10-7(6)12(5)8(9)13/h2-4H,1H3,(H2,9,13). The van der Waals surface area contributed by atoms with Gasteiger partial charge >= 0.3 is 6.03 Å². The first-order chi connectivity index (χ1) is 6.20. The molecule has 2 rings (SSSR count). The summed E-state index contributed by atoms with van der Waals surface area (Å²) in [6.07, 6.45) is 1.60. The number of nitrogens with two attached hydrogens (primary N) is 1. The number of pyridine rings is 1. The van der Waals surface area contributed by atoms with E-state index in [1.165, 1.54) is 4.57 Å². The van der Waals surface area contributed by atoms with Crippen molar-refractivity contribution in [2.45, 2.75) is 6.92 Å². The topological polar surface area (TPSA) is 73.8 Å². The van der Waals surface area contributed by atoms with Gasteiger partial charge in [-0.15, -0.1) is 0 Å². The minimum absolute atomic E-state index is 0.507. The van der Waals surface area contributed by atoms with Gasteiger partial charge < -0.3 is 5.73 Å². The zero-order valence-electron chi connectivity index (χ0n) is 7.06. The Bertz CT molecular complexity index is 474. The maximum atomic E-state index is 11.0. The van der Waals surface area contributed by atoms with Crippen LogP contribution < -0.4 is 5.73 Å². The van der Waals surface area contributed by atoms with Crippen LogP contribution in [-0.4, -0.2) is 20.6 Å². The van der Waals surface area contributed by atoms with E-state index in [4.69, 9.17) is 5.73 Å². The van der Waals surface area contributed by atoms with E-state index in [0.29, 0.717) is 17.0 Å². The summed E-state index contributed by atoms with van der Waals surface area (Å²) in [7, 11) is 0. The minimum Gasteiger partial charge on any atom is -0.351 e. The summed E-state index contributed by atoms with van der Waals surface area (Å²) in [5.41, 5.74) is 6.36. The number of primary amides is 1. The molecule has 0 spiro atoms. The molecule has 0 aliphatic carbocycles. The number of carbonyl (C=O) groups is 1. The van der Waals surface area contributed by atoms with Gasteiger partial charge in [0.1, 0.15) is 11.3 Å². The zero-order chi connectivity index (χ0) is 9.42. The van der Waals surface area contributed by atoms with Crippen molar-refractivity contribution in [1.29, 1.82) is 0 Å². The van der Waals surface area contributed by atoms with Gasteiger partial charge in [-0.2, -0.15) is 0 Å². The SMILES string of the molecule is Cc1nc2cccnc2n1C(N)=O. The fraction of sp³-hybridized carbons (Fsp3) is 0.125. The zero-order valence-corrected chi connectivity index (χ0v) is 7.06. The number of aryl methyl sites for hydroxylation is 1. The van der Waals surface area contributed by atoms with E-state index in [0.717, 1.165) is 0 Å². The average molecular weight is 176 g/mol. The molecule has 0 bridgehead atoms. The Hall–Kier alpha value is -1.91. The summed E-state index contributed by atoms with van der Waals surface area (Å²) in [5, 5.41) is 0. The molecule has 0 unspecified atom stereocenters. The molecule has 5 heteroatoms. The van der Waals surface area contributed by atoms with E-state index in [1.807, 2.05) is 0 Å². The molecule has 0 saturated heterocycles. The summed E-state index contributed by atoms with van der Waals surface area (Å²) in [5.74, 6) is 0.557. The molecule has 0 aliphatic rings. The first kappa shape index (κ1) is 7.72. The number of imidazole rings is 1. The molecule has 66 valence electrons. The van der Waals surface area contributed by atoms with Crippen molar-refractivity contribution in [3.63, 3.8) is 0 Å². The van der Waals surface area contributed by atoms with Crippen molar-refractivity contribution in [2.75, 3.05) is 0 Å². The van der Waals surface area contributed by atoms with Crippen LogP contribution in [0.15, 0.2) is 18.3 Å². The summed E-state index contributed by atoms with van der Waals surface area (Å²) < 4.78 is 1.29. The Morgan fingerprint density at radius 2 is 2.38 bits per heavy atom. The Labute approximate surface area is 74.2 Å². The lowest BCUT2D eigenvalue weighted by molar-refractivity contribution is 0.250. The van der Waals surface area contributed by atoms with Crippen LogP contribution in [0.4, 0.5) is 4.79 Å². The number of fused-ring (bicyclic) bond motifs is 1. The molecule has 2 aromatic heterocycles. The molecule has 2 aromatic rings. The van der Waals surface area contributed by atoms with Crippen LogP contribution >= 0.6 is 0 Å². The normalized spacial score (nSPS) is 10.5. The highest BCUT2D eigenvalue weighted by atomic mass is 16.2. The molecule has 0 fully saturated rings. The Balaban J connectivity index is 2.86. The quantitative estimate of drug-likeness (QED) is 0.641. The van der Waals surface area contributed by atoms with E-state index in [2.05, 4.69) is 9.97 Å².